The van der Waals surface area contributed by atoms with Crippen molar-refractivity contribution in [3.8, 4) is 0 Å². The molecule has 0 aromatic rings. The molecule has 0 radical (unpaired) electrons. The van der Waals surface area contributed by atoms with Crippen molar-refractivity contribution >= 4 is 16.1 Å². The summed E-state index contributed by atoms with van der Waals surface area (Å²) in [6.07, 6.45) is 5.92. The van der Waals surface area contributed by atoms with E-state index < -0.39 is 0 Å². The zero-order valence-corrected chi connectivity index (χ0v) is 15.6. The van der Waals surface area contributed by atoms with E-state index in [-0.39, 0.29) is 16.1 Å². The molecule has 2 aliphatic rings. The molecule has 3 heteroatoms. The number of hydrogen-bond acceptors (Lipinski definition) is 1. The molecule has 2 fully saturated rings. The van der Waals surface area contributed by atoms with E-state index in [0.717, 1.165) is 28.6 Å². The van der Waals surface area contributed by atoms with Crippen molar-refractivity contribution in [2.75, 3.05) is 6.54 Å². The first kappa shape index (κ1) is 16.2. The number of nitrogens with zero attached hydrogens (tertiary/aromatic N) is 1. The van der Waals surface area contributed by atoms with Gasteiger partial charge in [0.15, 0.2) is 0 Å². The average molecular weight is 301 g/mol. The molecule has 0 N–H and O–H groups in total. The minimum atomic E-state index is 0.134. The molecule has 4 atom stereocenters. The maximum Gasteiger partial charge on any atom is 0.00852 e. The van der Waals surface area contributed by atoms with Crippen LogP contribution in [0.1, 0.15) is 67.2 Å². The van der Waals surface area contributed by atoms with Gasteiger partial charge in [-0.25, -0.2) is 0 Å². The fourth-order valence-corrected chi connectivity index (χ4v) is 13.2. The third-order valence-corrected chi connectivity index (χ3v) is 12.2. The number of hydrogen-bond donors (Lipinski definition) is 0. The van der Waals surface area contributed by atoms with Gasteiger partial charge in [-0.05, 0) is 70.4 Å². The molecular formula is C16H33NP2. The second-order valence-electron chi connectivity index (χ2n) is 7.26. The fourth-order valence-electron chi connectivity index (χ4n) is 3.91. The molecule has 0 amide bonds. The van der Waals surface area contributed by atoms with Crippen LogP contribution in [-0.2, 0) is 0 Å². The van der Waals surface area contributed by atoms with Gasteiger partial charge in [0.1, 0.15) is 0 Å². The normalized spacial score (nSPS) is 37.9. The third-order valence-electron chi connectivity index (χ3n) is 4.87. The highest BCUT2D eigenvalue weighted by Crippen LogP contribution is 2.71. The second-order valence-corrected chi connectivity index (χ2v) is 13.6. The van der Waals surface area contributed by atoms with Crippen molar-refractivity contribution in [3.63, 3.8) is 0 Å². The van der Waals surface area contributed by atoms with Crippen molar-refractivity contribution in [1.82, 2.24) is 4.44 Å². The summed E-state index contributed by atoms with van der Waals surface area (Å²) in [5, 5.41) is 0. The maximum absolute atomic E-state index is 3.08. The molecule has 0 aromatic heterocycles. The Morgan fingerprint density at radius 3 is 1.37 bits per heavy atom. The van der Waals surface area contributed by atoms with E-state index in [4.69, 9.17) is 0 Å². The van der Waals surface area contributed by atoms with E-state index in [1.807, 2.05) is 0 Å². The predicted octanol–water partition coefficient (Wildman–Crippen LogP) is 5.88. The molecule has 0 aliphatic carbocycles. The molecule has 0 spiro atoms. The van der Waals surface area contributed by atoms with Gasteiger partial charge in [0.2, 0.25) is 0 Å². The average Bonchev–Trinajstić information content (AvgIpc) is 2.81. The van der Waals surface area contributed by atoms with E-state index >= 15 is 0 Å². The van der Waals surface area contributed by atoms with Crippen LogP contribution < -0.4 is 0 Å². The van der Waals surface area contributed by atoms with E-state index in [1.165, 1.54) is 32.2 Å². The van der Waals surface area contributed by atoms with Gasteiger partial charge in [0.25, 0.3) is 0 Å². The molecule has 0 unspecified atom stereocenters. The van der Waals surface area contributed by atoms with Gasteiger partial charge < -0.3 is 0 Å². The lowest BCUT2D eigenvalue weighted by Crippen LogP contribution is -2.26. The van der Waals surface area contributed by atoms with E-state index in [1.54, 1.807) is 0 Å². The maximum atomic E-state index is 3.08. The first-order valence-electron chi connectivity index (χ1n) is 8.25. The van der Waals surface area contributed by atoms with Crippen LogP contribution in [0.25, 0.3) is 0 Å². The van der Waals surface area contributed by atoms with E-state index in [0.29, 0.717) is 0 Å². The summed E-state index contributed by atoms with van der Waals surface area (Å²) in [5.74, 6) is 0.824. The van der Waals surface area contributed by atoms with E-state index in [9.17, 15) is 0 Å². The minimum Gasteiger partial charge on any atom is -0.259 e. The Morgan fingerprint density at radius 2 is 1.11 bits per heavy atom. The molecular weight excluding hydrogens is 268 g/mol. The molecule has 19 heavy (non-hydrogen) atoms. The van der Waals surface area contributed by atoms with Crippen LogP contribution >= 0.6 is 16.1 Å². The highest BCUT2D eigenvalue weighted by molar-refractivity contribution is 7.72. The Morgan fingerprint density at radius 1 is 0.789 bits per heavy atom. The standard InChI is InChI=1S/C16H33NP2/c1-12(2)11-17(18-13(3)7-8-14(18)4)19-15(5)9-10-16(19)6/h12-16H,7-11H2,1-6H3/t13-,14-,15-,16-/m1/s1. The number of rotatable bonds is 4. The Bertz CT molecular complexity index is 250. The van der Waals surface area contributed by atoms with Gasteiger partial charge in [-0.3, -0.25) is 4.44 Å². The van der Waals surface area contributed by atoms with Crippen molar-refractivity contribution < 1.29 is 0 Å². The van der Waals surface area contributed by atoms with Crippen molar-refractivity contribution in [2.45, 2.75) is 89.9 Å². The van der Waals surface area contributed by atoms with Crippen LogP contribution in [0.4, 0.5) is 0 Å². The lowest BCUT2D eigenvalue weighted by atomic mass is 10.2. The Hall–Kier alpha value is 0.820. The zero-order valence-electron chi connectivity index (χ0n) is 13.8. The monoisotopic (exact) mass is 301 g/mol. The summed E-state index contributed by atoms with van der Waals surface area (Å²) in [4.78, 5) is 0. The summed E-state index contributed by atoms with van der Waals surface area (Å²) in [7, 11) is 0.269. The first-order valence-corrected chi connectivity index (χ1v) is 11.1. The van der Waals surface area contributed by atoms with Crippen molar-refractivity contribution in [2.24, 2.45) is 5.92 Å². The largest absolute Gasteiger partial charge is 0.259 e. The van der Waals surface area contributed by atoms with Gasteiger partial charge in [0, 0.05) is 6.54 Å². The van der Waals surface area contributed by atoms with Crippen LogP contribution in [0.2, 0.25) is 0 Å². The van der Waals surface area contributed by atoms with Gasteiger partial charge in [-0.1, -0.05) is 41.5 Å². The second kappa shape index (κ2) is 6.72. The van der Waals surface area contributed by atoms with Crippen LogP contribution in [-0.4, -0.2) is 33.6 Å². The third kappa shape index (κ3) is 3.53. The summed E-state index contributed by atoms with van der Waals surface area (Å²) >= 11 is 0. The van der Waals surface area contributed by atoms with Crippen molar-refractivity contribution in [3.05, 3.63) is 0 Å². The summed E-state index contributed by atoms with van der Waals surface area (Å²) < 4.78 is 3.08. The topological polar surface area (TPSA) is 3.24 Å². The molecule has 1 nitrogen and oxygen atoms in total. The Labute approximate surface area is 123 Å². The smallest absolute Gasteiger partial charge is 0.00852 e. The summed E-state index contributed by atoms with van der Waals surface area (Å²) in [5.41, 5.74) is 3.91. The van der Waals surface area contributed by atoms with Gasteiger partial charge in [-0.15, -0.1) is 0 Å². The quantitative estimate of drug-likeness (QED) is 0.586. The van der Waals surface area contributed by atoms with Crippen molar-refractivity contribution in [1.29, 1.82) is 0 Å². The molecule has 0 saturated carbocycles. The molecule has 2 aliphatic heterocycles. The van der Waals surface area contributed by atoms with Crippen LogP contribution in [0.3, 0.4) is 0 Å². The SMILES string of the molecule is CC(C)CN(P1[C@H](C)CC[C@H]1C)P1[C@H](C)CC[C@H]1C. The lowest BCUT2D eigenvalue weighted by molar-refractivity contribution is 0.529. The first-order chi connectivity index (χ1) is 8.91. The molecule has 2 saturated heterocycles. The van der Waals surface area contributed by atoms with Gasteiger partial charge in [0.05, 0.1) is 0 Å². The molecule has 112 valence electrons. The predicted molar refractivity (Wildman–Crippen MR) is 91.7 cm³/mol. The molecule has 0 aromatic carbocycles. The zero-order chi connectivity index (χ0) is 14.2. The van der Waals surface area contributed by atoms with Crippen LogP contribution in [0.5, 0.6) is 0 Å². The van der Waals surface area contributed by atoms with Crippen LogP contribution in [0.15, 0.2) is 0 Å². The summed E-state index contributed by atoms with van der Waals surface area (Å²) in [6.45, 7) is 16.3. The molecule has 0 bridgehead atoms. The Kier molecular flexibility index (Phi) is 5.73. The highest BCUT2D eigenvalue weighted by Gasteiger charge is 2.43. The molecule has 2 rings (SSSR count). The minimum absolute atomic E-state index is 0.134. The fraction of sp³-hybridized carbons (Fsp3) is 1.00. The molecule has 2 heterocycles. The van der Waals surface area contributed by atoms with Gasteiger partial charge in [-0.2, -0.15) is 0 Å². The highest BCUT2D eigenvalue weighted by atomic mass is 31.2. The Balaban J connectivity index is 2.20. The lowest BCUT2D eigenvalue weighted by Gasteiger charge is -2.43. The van der Waals surface area contributed by atoms with Crippen LogP contribution in [0, 0.1) is 5.92 Å². The summed E-state index contributed by atoms with van der Waals surface area (Å²) in [6, 6.07) is 0. The van der Waals surface area contributed by atoms with E-state index in [2.05, 4.69) is 46.0 Å². The van der Waals surface area contributed by atoms with Gasteiger partial charge >= 0.3 is 0 Å².